The maximum atomic E-state index is 10.9. The molecule has 7 heteroatoms. The van der Waals surface area contributed by atoms with Gasteiger partial charge in [-0.2, -0.15) is 0 Å². The highest BCUT2D eigenvalue weighted by atomic mass is 79.9. The maximum Gasteiger partial charge on any atom is 0.208 e. The number of halogens is 1. The van der Waals surface area contributed by atoms with E-state index in [0.29, 0.717) is 13.1 Å². The Balaban J connectivity index is 2.04. The number of para-hydroxylation sites is 1. The van der Waals surface area contributed by atoms with Gasteiger partial charge in [0.25, 0.3) is 0 Å². The van der Waals surface area contributed by atoms with Crippen molar-refractivity contribution in [2.24, 2.45) is 0 Å². The van der Waals surface area contributed by atoms with Gasteiger partial charge in [-0.1, -0.05) is 12.1 Å². The van der Waals surface area contributed by atoms with E-state index in [0.717, 1.165) is 27.4 Å². The second-order valence-electron chi connectivity index (χ2n) is 4.10. The molecule has 0 bridgehead atoms. The predicted molar refractivity (Wildman–Crippen MR) is 80.8 cm³/mol. The topological polar surface area (TPSA) is 71.1 Å². The van der Waals surface area contributed by atoms with Gasteiger partial charge in [0.05, 0.1) is 11.8 Å². The van der Waals surface area contributed by atoms with Crippen LogP contribution in [0.3, 0.4) is 0 Å². The number of fused-ring (bicyclic) bond motifs is 1. The molecule has 2 rings (SSSR count). The summed E-state index contributed by atoms with van der Waals surface area (Å²) in [5, 5.41) is 4.13. The Morgan fingerprint density at radius 2 is 2.00 bits per heavy atom. The number of hydrogen-bond acceptors (Lipinski definition) is 4. The summed E-state index contributed by atoms with van der Waals surface area (Å²) in [5.41, 5.74) is 0.878. The van der Waals surface area contributed by atoms with E-state index in [4.69, 9.17) is 0 Å². The molecule has 1 aromatic carbocycles. The van der Waals surface area contributed by atoms with Gasteiger partial charge < -0.3 is 5.32 Å². The zero-order valence-electron chi connectivity index (χ0n) is 10.4. The Kier molecular flexibility index (Phi) is 4.38. The lowest BCUT2D eigenvalue weighted by Crippen LogP contribution is -2.27. The molecule has 0 saturated heterocycles. The van der Waals surface area contributed by atoms with E-state index < -0.39 is 10.0 Å². The lowest BCUT2D eigenvalue weighted by Gasteiger charge is -2.07. The fourth-order valence-electron chi connectivity index (χ4n) is 1.64. The fraction of sp³-hybridized carbons (Fsp3) is 0.250. The molecule has 0 saturated carbocycles. The fourth-order valence-corrected chi connectivity index (χ4v) is 2.58. The van der Waals surface area contributed by atoms with E-state index in [1.807, 2.05) is 30.3 Å². The van der Waals surface area contributed by atoms with E-state index in [9.17, 15) is 8.42 Å². The van der Waals surface area contributed by atoms with Crippen LogP contribution in [0.5, 0.6) is 0 Å². The average molecular weight is 344 g/mol. The Hall–Kier alpha value is -1.18. The second-order valence-corrected chi connectivity index (χ2v) is 6.79. The third-order valence-corrected chi connectivity index (χ3v) is 3.83. The van der Waals surface area contributed by atoms with Crippen LogP contribution in [0.15, 0.2) is 34.8 Å². The highest BCUT2D eigenvalue weighted by molar-refractivity contribution is 9.10. The first-order chi connectivity index (χ1) is 8.96. The second kappa shape index (κ2) is 5.85. The summed E-state index contributed by atoms with van der Waals surface area (Å²) in [6, 6.07) is 9.72. The van der Waals surface area contributed by atoms with E-state index in [-0.39, 0.29) is 0 Å². The van der Waals surface area contributed by atoms with E-state index >= 15 is 0 Å². The van der Waals surface area contributed by atoms with Gasteiger partial charge in [0.2, 0.25) is 10.0 Å². The van der Waals surface area contributed by atoms with Gasteiger partial charge in [-0.05, 0) is 34.1 Å². The quantitative estimate of drug-likeness (QED) is 0.814. The SMILES string of the molecule is CS(=O)(=O)NCCNc1ccc2cccc(Br)c2n1. The molecule has 0 radical (unpaired) electrons. The molecule has 0 fully saturated rings. The Morgan fingerprint density at radius 3 is 2.74 bits per heavy atom. The largest absolute Gasteiger partial charge is 0.369 e. The van der Waals surface area contributed by atoms with Crippen molar-refractivity contribution in [1.29, 1.82) is 0 Å². The third kappa shape index (κ3) is 4.15. The Labute approximate surface area is 120 Å². The monoisotopic (exact) mass is 343 g/mol. The van der Waals surface area contributed by atoms with Crippen LogP contribution >= 0.6 is 15.9 Å². The number of nitrogens with zero attached hydrogens (tertiary/aromatic N) is 1. The van der Waals surface area contributed by atoms with Crippen molar-refractivity contribution in [2.45, 2.75) is 0 Å². The van der Waals surface area contributed by atoms with Crippen molar-refractivity contribution in [2.75, 3.05) is 24.7 Å². The summed E-state index contributed by atoms with van der Waals surface area (Å²) >= 11 is 3.46. The number of anilines is 1. The van der Waals surface area contributed by atoms with Crippen molar-refractivity contribution >= 4 is 42.7 Å². The van der Waals surface area contributed by atoms with Gasteiger partial charge in [-0.15, -0.1) is 0 Å². The standard InChI is InChI=1S/C12H14BrN3O2S/c1-19(17,18)15-8-7-14-11-6-5-9-3-2-4-10(13)12(9)16-11/h2-6,15H,7-8H2,1H3,(H,14,16). The van der Waals surface area contributed by atoms with Crippen LogP contribution in [0.1, 0.15) is 0 Å². The van der Waals surface area contributed by atoms with Crippen molar-refractivity contribution < 1.29 is 8.42 Å². The summed E-state index contributed by atoms with van der Waals surface area (Å²) in [6.45, 7) is 0.810. The number of benzene rings is 1. The van der Waals surface area contributed by atoms with Crippen molar-refractivity contribution in [3.63, 3.8) is 0 Å². The number of rotatable bonds is 5. The van der Waals surface area contributed by atoms with Crippen LogP contribution in [0.4, 0.5) is 5.82 Å². The van der Waals surface area contributed by atoms with Gasteiger partial charge in [0.1, 0.15) is 5.82 Å². The molecule has 1 heterocycles. The molecule has 0 amide bonds. The van der Waals surface area contributed by atoms with E-state index in [1.54, 1.807) is 0 Å². The van der Waals surface area contributed by atoms with Crippen LogP contribution in [0.2, 0.25) is 0 Å². The van der Waals surface area contributed by atoms with Crippen molar-refractivity contribution in [3.8, 4) is 0 Å². The number of sulfonamides is 1. The number of nitrogens with one attached hydrogen (secondary N) is 2. The third-order valence-electron chi connectivity index (χ3n) is 2.47. The molecule has 0 aliphatic carbocycles. The van der Waals surface area contributed by atoms with Crippen LogP contribution in [-0.2, 0) is 10.0 Å². The van der Waals surface area contributed by atoms with Gasteiger partial charge in [0, 0.05) is 22.9 Å². The van der Waals surface area contributed by atoms with Gasteiger partial charge in [0.15, 0.2) is 0 Å². The first-order valence-electron chi connectivity index (χ1n) is 5.69. The zero-order chi connectivity index (χ0) is 13.9. The number of pyridine rings is 1. The zero-order valence-corrected chi connectivity index (χ0v) is 12.8. The van der Waals surface area contributed by atoms with Crippen molar-refractivity contribution in [3.05, 3.63) is 34.8 Å². The summed E-state index contributed by atoms with van der Waals surface area (Å²) in [7, 11) is -3.14. The minimum atomic E-state index is -3.14. The molecular formula is C12H14BrN3O2S. The summed E-state index contributed by atoms with van der Waals surface area (Å²) in [4.78, 5) is 4.47. The summed E-state index contributed by atoms with van der Waals surface area (Å²) < 4.78 is 25.1. The Bertz CT molecular complexity index is 688. The first-order valence-corrected chi connectivity index (χ1v) is 8.38. The van der Waals surface area contributed by atoms with Gasteiger partial charge in [-0.3, -0.25) is 0 Å². The van der Waals surface area contributed by atoms with Crippen LogP contribution in [0.25, 0.3) is 10.9 Å². The van der Waals surface area contributed by atoms with E-state index in [1.165, 1.54) is 0 Å². The molecule has 0 aliphatic heterocycles. The molecule has 5 nitrogen and oxygen atoms in total. The highest BCUT2D eigenvalue weighted by Crippen LogP contribution is 2.23. The molecule has 2 N–H and O–H groups in total. The smallest absolute Gasteiger partial charge is 0.208 e. The highest BCUT2D eigenvalue weighted by Gasteiger charge is 2.02. The normalized spacial score (nSPS) is 11.7. The molecule has 0 atom stereocenters. The van der Waals surface area contributed by atoms with E-state index in [2.05, 4.69) is 31.0 Å². The Morgan fingerprint density at radius 1 is 1.21 bits per heavy atom. The molecular weight excluding hydrogens is 330 g/mol. The van der Waals surface area contributed by atoms with Crippen LogP contribution in [0, 0.1) is 0 Å². The van der Waals surface area contributed by atoms with Crippen molar-refractivity contribution in [1.82, 2.24) is 9.71 Å². The predicted octanol–water partition coefficient (Wildman–Crippen LogP) is 1.96. The molecule has 19 heavy (non-hydrogen) atoms. The lowest BCUT2D eigenvalue weighted by atomic mass is 10.2. The molecule has 102 valence electrons. The average Bonchev–Trinajstić information content (AvgIpc) is 2.34. The maximum absolute atomic E-state index is 10.9. The minimum absolute atomic E-state index is 0.328. The number of aromatic nitrogens is 1. The summed E-state index contributed by atoms with van der Waals surface area (Å²) in [6.07, 6.45) is 1.14. The summed E-state index contributed by atoms with van der Waals surface area (Å²) in [5.74, 6) is 0.717. The number of hydrogen-bond donors (Lipinski definition) is 2. The van der Waals surface area contributed by atoms with Crippen LogP contribution in [-0.4, -0.2) is 32.7 Å². The minimum Gasteiger partial charge on any atom is -0.369 e. The molecule has 2 aromatic rings. The van der Waals surface area contributed by atoms with Gasteiger partial charge in [-0.25, -0.2) is 18.1 Å². The lowest BCUT2D eigenvalue weighted by molar-refractivity contribution is 0.589. The molecule has 0 unspecified atom stereocenters. The molecule has 1 aromatic heterocycles. The first kappa shape index (κ1) is 14.2. The molecule has 0 spiro atoms. The van der Waals surface area contributed by atoms with Crippen LogP contribution < -0.4 is 10.0 Å². The molecule has 0 aliphatic rings. The van der Waals surface area contributed by atoms with Gasteiger partial charge >= 0.3 is 0 Å².